The van der Waals surface area contributed by atoms with Crippen molar-refractivity contribution in [3.05, 3.63) is 59.8 Å². The lowest BCUT2D eigenvalue weighted by atomic mass is 9.98. The molecular weight excluding hydrogens is 362 g/mol. The lowest BCUT2D eigenvalue weighted by Crippen LogP contribution is -2.35. The van der Waals surface area contributed by atoms with Gasteiger partial charge in [-0.2, -0.15) is 0 Å². The summed E-state index contributed by atoms with van der Waals surface area (Å²) in [4.78, 5) is 6.86. The second-order valence-electron chi connectivity index (χ2n) is 6.71. The number of hydrogen-bond donors (Lipinski definition) is 2. The third-order valence-electron chi connectivity index (χ3n) is 4.79. The molecule has 0 aliphatic carbocycles. The van der Waals surface area contributed by atoms with Crippen molar-refractivity contribution in [2.75, 3.05) is 36.5 Å². The number of aliphatic hydroxyl groups excluding tert-OH is 1. The van der Waals surface area contributed by atoms with E-state index in [1.54, 1.807) is 6.08 Å². The molecule has 1 saturated heterocycles. The second-order valence-corrected chi connectivity index (χ2v) is 7.11. The fraction of sp³-hybridized carbons (Fsp3) is 0.381. The molecule has 2 N–H and O–H groups in total. The Bertz CT molecular complexity index is 761. The van der Waals surface area contributed by atoms with Crippen molar-refractivity contribution >= 4 is 23.1 Å². The third kappa shape index (κ3) is 5.15. The highest BCUT2D eigenvalue weighted by atomic mass is 35.5. The van der Waals surface area contributed by atoms with Crippen molar-refractivity contribution in [2.24, 2.45) is 5.92 Å². The van der Waals surface area contributed by atoms with Crippen LogP contribution in [-0.2, 0) is 6.54 Å². The van der Waals surface area contributed by atoms with Gasteiger partial charge < -0.3 is 20.1 Å². The summed E-state index contributed by atoms with van der Waals surface area (Å²) in [5.41, 5.74) is 2.07. The molecule has 1 aliphatic rings. The maximum Gasteiger partial charge on any atom is 0.151 e. The van der Waals surface area contributed by atoms with E-state index in [0.717, 1.165) is 43.0 Å². The molecule has 1 aromatic carbocycles. The molecule has 6 heteroatoms. The van der Waals surface area contributed by atoms with Crippen molar-refractivity contribution in [2.45, 2.75) is 19.4 Å². The normalized spacial score (nSPS) is 14.8. The van der Waals surface area contributed by atoms with Gasteiger partial charge in [0.2, 0.25) is 0 Å². The van der Waals surface area contributed by atoms with Crippen LogP contribution >= 0.6 is 11.6 Å². The average molecular weight is 388 g/mol. The summed E-state index contributed by atoms with van der Waals surface area (Å²) in [7, 11) is 0. The smallest absolute Gasteiger partial charge is 0.151 e. The first-order valence-electron chi connectivity index (χ1n) is 9.28. The van der Waals surface area contributed by atoms with E-state index in [0.29, 0.717) is 29.8 Å². The first-order chi connectivity index (χ1) is 13.2. The maximum atomic E-state index is 9.33. The van der Waals surface area contributed by atoms with Crippen LogP contribution in [0.1, 0.15) is 18.4 Å². The largest absolute Gasteiger partial charge is 0.488 e. The molecule has 27 heavy (non-hydrogen) atoms. The van der Waals surface area contributed by atoms with Gasteiger partial charge in [-0.15, -0.1) is 0 Å². The summed E-state index contributed by atoms with van der Waals surface area (Å²) >= 11 is 6.30. The standard InChI is InChI=1S/C21H26ClN3O2/c1-2-12-27-20-6-5-17(13-18(20)22)14-24-19-4-3-9-23-21(19)25-10-7-16(15-26)8-11-25/h2-6,9,13,16,24,26H,1,7-8,10-12,14-15H2. The monoisotopic (exact) mass is 387 g/mol. The van der Waals surface area contributed by atoms with Crippen LogP contribution in [0, 0.1) is 5.92 Å². The predicted octanol–water partition coefficient (Wildman–Crippen LogP) is 4.12. The zero-order chi connectivity index (χ0) is 19.1. The zero-order valence-corrected chi connectivity index (χ0v) is 16.2. The van der Waals surface area contributed by atoms with Crippen molar-refractivity contribution in [3.8, 4) is 5.75 Å². The van der Waals surface area contributed by atoms with Crippen molar-refractivity contribution in [1.29, 1.82) is 0 Å². The second kappa shape index (κ2) is 9.62. The number of aromatic nitrogens is 1. The summed E-state index contributed by atoms with van der Waals surface area (Å²) in [6, 6.07) is 9.78. The molecule has 0 bridgehead atoms. The molecule has 144 valence electrons. The molecule has 0 radical (unpaired) electrons. The minimum atomic E-state index is 0.272. The number of ether oxygens (including phenoxy) is 1. The van der Waals surface area contributed by atoms with Crippen LogP contribution in [0.15, 0.2) is 49.2 Å². The fourth-order valence-electron chi connectivity index (χ4n) is 3.23. The maximum absolute atomic E-state index is 9.33. The van der Waals surface area contributed by atoms with Crippen LogP contribution in [0.3, 0.4) is 0 Å². The van der Waals surface area contributed by atoms with Crippen LogP contribution in [0.4, 0.5) is 11.5 Å². The lowest BCUT2D eigenvalue weighted by molar-refractivity contribution is 0.203. The molecule has 2 aromatic rings. The number of halogens is 1. The molecule has 0 spiro atoms. The SMILES string of the molecule is C=CCOc1ccc(CNc2cccnc2N2CCC(CO)CC2)cc1Cl. The Morgan fingerprint density at radius 2 is 2.15 bits per heavy atom. The van der Waals surface area contributed by atoms with Gasteiger partial charge in [-0.3, -0.25) is 0 Å². The Morgan fingerprint density at radius 1 is 1.33 bits per heavy atom. The van der Waals surface area contributed by atoms with Crippen LogP contribution < -0.4 is 15.0 Å². The number of rotatable bonds is 8. The van der Waals surface area contributed by atoms with Crippen molar-refractivity contribution in [1.82, 2.24) is 4.98 Å². The van der Waals surface area contributed by atoms with E-state index < -0.39 is 0 Å². The highest BCUT2D eigenvalue weighted by Gasteiger charge is 2.21. The Morgan fingerprint density at radius 3 is 2.85 bits per heavy atom. The van der Waals surface area contributed by atoms with Crippen LogP contribution in [0.5, 0.6) is 5.75 Å². The van der Waals surface area contributed by atoms with E-state index in [2.05, 4.69) is 21.8 Å². The summed E-state index contributed by atoms with van der Waals surface area (Å²) in [5, 5.41) is 13.4. The summed E-state index contributed by atoms with van der Waals surface area (Å²) < 4.78 is 5.52. The number of benzene rings is 1. The number of pyridine rings is 1. The highest BCUT2D eigenvalue weighted by Crippen LogP contribution is 2.29. The molecule has 5 nitrogen and oxygen atoms in total. The van der Waals surface area contributed by atoms with Crippen LogP contribution in [-0.4, -0.2) is 36.4 Å². The van der Waals surface area contributed by atoms with Gasteiger partial charge in [0.05, 0.1) is 10.7 Å². The van der Waals surface area contributed by atoms with E-state index in [9.17, 15) is 5.11 Å². The quantitative estimate of drug-likeness (QED) is 0.667. The van der Waals surface area contributed by atoms with Gasteiger partial charge in [0.1, 0.15) is 12.4 Å². The zero-order valence-electron chi connectivity index (χ0n) is 15.4. The molecule has 3 rings (SSSR count). The Labute approximate surface area is 165 Å². The molecule has 0 amide bonds. The summed E-state index contributed by atoms with van der Waals surface area (Å²) in [5.74, 6) is 2.03. The predicted molar refractivity (Wildman–Crippen MR) is 111 cm³/mol. The minimum Gasteiger partial charge on any atom is -0.488 e. The summed E-state index contributed by atoms with van der Waals surface area (Å²) in [6.07, 6.45) is 5.50. The van der Waals surface area contributed by atoms with Gasteiger partial charge in [-0.05, 0) is 48.6 Å². The number of piperidine rings is 1. The highest BCUT2D eigenvalue weighted by molar-refractivity contribution is 6.32. The molecule has 1 aliphatic heterocycles. The summed E-state index contributed by atoms with van der Waals surface area (Å²) in [6.45, 7) is 6.82. The molecule has 0 saturated carbocycles. The lowest BCUT2D eigenvalue weighted by Gasteiger charge is -2.33. The number of anilines is 2. The van der Waals surface area contributed by atoms with Gasteiger partial charge in [-0.1, -0.05) is 30.3 Å². The van der Waals surface area contributed by atoms with Gasteiger partial charge in [0, 0.05) is 32.4 Å². The number of nitrogens with zero attached hydrogens (tertiary/aromatic N) is 2. The minimum absolute atomic E-state index is 0.272. The van der Waals surface area contributed by atoms with E-state index in [1.165, 1.54) is 0 Å². The Balaban J connectivity index is 1.65. The van der Waals surface area contributed by atoms with Gasteiger partial charge in [0.25, 0.3) is 0 Å². The van der Waals surface area contributed by atoms with Gasteiger partial charge in [-0.25, -0.2) is 4.98 Å². The topological polar surface area (TPSA) is 57.6 Å². The van der Waals surface area contributed by atoms with Gasteiger partial charge >= 0.3 is 0 Å². The van der Waals surface area contributed by atoms with Crippen molar-refractivity contribution in [3.63, 3.8) is 0 Å². The average Bonchev–Trinajstić information content (AvgIpc) is 2.72. The van der Waals surface area contributed by atoms with E-state index in [-0.39, 0.29) is 6.61 Å². The Hall–Kier alpha value is -2.24. The van der Waals surface area contributed by atoms with E-state index in [1.807, 2.05) is 36.5 Å². The van der Waals surface area contributed by atoms with Crippen LogP contribution in [0.2, 0.25) is 5.02 Å². The first-order valence-corrected chi connectivity index (χ1v) is 9.66. The molecule has 2 heterocycles. The molecule has 1 aromatic heterocycles. The molecule has 0 atom stereocenters. The first kappa shape index (κ1) is 19.5. The van der Waals surface area contributed by atoms with E-state index in [4.69, 9.17) is 16.3 Å². The number of aliphatic hydroxyl groups is 1. The van der Waals surface area contributed by atoms with Crippen molar-refractivity contribution < 1.29 is 9.84 Å². The van der Waals surface area contributed by atoms with E-state index >= 15 is 0 Å². The molecule has 0 unspecified atom stereocenters. The molecular formula is C21H26ClN3O2. The third-order valence-corrected chi connectivity index (χ3v) is 5.09. The Kier molecular flexibility index (Phi) is 6.96. The number of nitrogens with one attached hydrogen (secondary N) is 1. The van der Waals surface area contributed by atoms with Crippen LogP contribution in [0.25, 0.3) is 0 Å². The molecule has 1 fully saturated rings. The fourth-order valence-corrected chi connectivity index (χ4v) is 3.49. The van der Waals surface area contributed by atoms with Gasteiger partial charge in [0.15, 0.2) is 5.82 Å². The number of hydrogen-bond acceptors (Lipinski definition) is 5.